The number of carbonyl (C=O) groups is 1. The van der Waals surface area contributed by atoms with E-state index < -0.39 is 0 Å². The lowest BCUT2D eigenvalue weighted by molar-refractivity contribution is -0.134. The van der Waals surface area contributed by atoms with Gasteiger partial charge in [0.05, 0.1) is 6.54 Å². The second kappa shape index (κ2) is 8.45. The first-order chi connectivity index (χ1) is 8.67. The molecule has 0 radical (unpaired) electrons. The highest BCUT2D eigenvalue weighted by molar-refractivity contribution is 5.78. The molecule has 0 aliphatic carbocycles. The second-order valence-corrected chi connectivity index (χ2v) is 5.10. The third kappa shape index (κ3) is 5.33. The van der Waals surface area contributed by atoms with E-state index in [9.17, 15) is 4.79 Å². The summed E-state index contributed by atoms with van der Waals surface area (Å²) in [5.74, 6) is 0.272. The molecule has 0 aromatic rings. The standard InChI is InChI=1S/C13H28N4O/c1-3-6-16(7-4-5-14)12-13(18)17-10-8-15(2)9-11-17/h3-12,14H2,1-2H3. The van der Waals surface area contributed by atoms with Crippen LogP contribution in [-0.4, -0.2) is 80.0 Å². The summed E-state index contributed by atoms with van der Waals surface area (Å²) in [5.41, 5.74) is 5.53. The predicted molar refractivity (Wildman–Crippen MR) is 74.5 cm³/mol. The fourth-order valence-electron chi connectivity index (χ4n) is 2.25. The highest BCUT2D eigenvalue weighted by Gasteiger charge is 2.20. The second-order valence-electron chi connectivity index (χ2n) is 5.10. The van der Waals surface area contributed by atoms with E-state index in [-0.39, 0.29) is 5.91 Å². The lowest BCUT2D eigenvalue weighted by Gasteiger charge is -2.34. The number of carbonyl (C=O) groups excluding carboxylic acids is 1. The van der Waals surface area contributed by atoms with Crippen molar-refractivity contribution in [2.75, 3.05) is 59.4 Å². The first kappa shape index (κ1) is 15.4. The molecule has 1 aliphatic rings. The van der Waals surface area contributed by atoms with Crippen LogP contribution in [0.25, 0.3) is 0 Å². The van der Waals surface area contributed by atoms with Crippen LogP contribution in [0.15, 0.2) is 0 Å². The van der Waals surface area contributed by atoms with Gasteiger partial charge < -0.3 is 15.5 Å². The first-order valence-corrected chi connectivity index (χ1v) is 7.06. The van der Waals surface area contributed by atoms with Crippen molar-refractivity contribution < 1.29 is 4.79 Å². The quantitative estimate of drug-likeness (QED) is 0.687. The molecule has 0 bridgehead atoms. The van der Waals surface area contributed by atoms with Crippen molar-refractivity contribution in [3.8, 4) is 0 Å². The molecular formula is C13H28N4O. The van der Waals surface area contributed by atoms with Gasteiger partial charge in [-0.05, 0) is 39.5 Å². The van der Waals surface area contributed by atoms with Crippen molar-refractivity contribution in [2.45, 2.75) is 19.8 Å². The molecule has 18 heavy (non-hydrogen) atoms. The van der Waals surface area contributed by atoms with Gasteiger partial charge in [0.1, 0.15) is 0 Å². The predicted octanol–water partition coefficient (Wildman–Crippen LogP) is -0.179. The van der Waals surface area contributed by atoms with Gasteiger partial charge in [-0.15, -0.1) is 0 Å². The fraction of sp³-hybridized carbons (Fsp3) is 0.923. The number of hydrogen-bond donors (Lipinski definition) is 1. The maximum absolute atomic E-state index is 12.2. The largest absolute Gasteiger partial charge is 0.339 e. The average Bonchev–Trinajstić information content (AvgIpc) is 2.37. The molecule has 1 fully saturated rings. The normalized spacial score (nSPS) is 17.4. The number of nitrogens with two attached hydrogens (primary N) is 1. The summed E-state index contributed by atoms with van der Waals surface area (Å²) in [4.78, 5) is 18.7. The molecule has 1 aliphatic heterocycles. The minimum absolute atomic E-state index is 0.272. The summed E-state index contributed by atoms with van der Waals surface area (Å²) >= 11 is 0. The summed E-state index contributed by atoms with van der Waals surface area (Å²) < 4.78 is 0. The molecule has 1 amide bonds. The number of nitrogens with zero attached hydrogens (tertiary/aromatic N) is 3. The van der Waals surface area contributed by atoms with Crippen molar-refractivity contribution in [1.82, 2.24) is 14.7 Å². The van der Waals surface area contributed by atoms with Gasteiger partial charge in [0, 0.05) is 26.2 Å². The van der Waals surface area contributed by atoms with E-state index in [1.54, 1.807) is 0 Å². The molecular weight excluding hydrogens is 228 g/mol. The SMILES string of the molecule is CCCN(CCCN)CC(=O)N1CCN(C)CC1. The van der Waals surface area contributed by atoms with Crippen LogP contribution in [0.2, 0.25) is 0 Å². The van der Waals surface area contributed by atoms with Crippen LogP contribution < -0.4 is 5.73 Å². The molecule has 106 valence electrons. The monoisotopic (exact) mass is 256 g/mol. The molecule has 0 aromatic carbocycles. The highest BCUT2D eigenvalue weighted by atomic mass is 16.2. The van der Waals surface area contributed by atoms with E-state index in [0.29, 0.717) is 13.1 Å². The molecule has 0 saturated carbocycles. The van der Waals surface area contributed by atoms with E-state index in [0.717, 1.165) is 52.1 Å². The Morgan fingerprint density at radius 3 is 2.44 bits per heavy atom. The number of amides is 1. The minimum Gasteiger partial charge on any atom is -0.339 e. The minimum atomic E-state index is 0.272. The number of piperazine rings is 1. The number of hydrogen-bond acceptors (Lipinski definition) is 4. The van der Waals surface area contributed by atoms with Crippen LogP contribution >= 0.6 is 0 Å². The maximum atomic E-state index is 12.2. The highest BCUT2D eigenvalue weighted by Crippen LogP contribution is 2.02. The Morgan fingerprint density at radius 1 is 1.22 bits per heavy atom. The smallest absolute Gasteiger partial charge is 0.236 e. The van der Waals surface area contributed by atoms with E-state index in [1.165, 1.54) is 0 Å². The lowest BCUT2D eigenvalue weighted by atomic mass is 10.3. The van der Waals surface area contributed by atoms with Gasteiger partial charge >= 0.3 is 0 Å². The summed E-state index contributed by atoms with van der Waals surface area (Å²) in [7, 11) is 2.10. The number of likely N-dealkylation sites (N-methyl/N-ethyl adjacent to an activating group) is 1. The maximum Gasteiger partial charge on any atom is 0.236 e. The van der Waals surface area contributed by atoms with Crippen LogP contribution in [0.5, 0.6) is 0 Å². The summed E-state index contributed by atoms with van der Waals surface area (Å²) in [6, 6.07) is 0. The van der Waals surface area contributed by atoms with Gasteiger partial charge in [-0.25, -0.2) is 0 Å². The molecule has 2 N–H and O–H groups in total. The Kier molecular flexibility index (Phi) is 7.23. The van der Waals surface area contributed by atoms with Gasteiger partial charge in [-0.1, -0.05) is 6.92 Å². The van der Waals surface area contributed by atoms with Crippen LogP contribution in [0, 0.1) is 0 Å². The van der Waals surface area contributed by atoms with Gasteiger partial charge in [0.25, 0.3) is 0 Å². The van der Waals surface area contributed by atoms with E-state index in [2.05, 4.69) is 23.8 Å². The van der Waals surface area contributed by atoms with E-state index >= 15 is 0 Å². The van der Waals surface area contributed by atoms with Crippen LogP contribution in [-0.2, 0) is 4.79 Å². The van der Waals surface area contributed by atoms with Crippen molar-refractivity contribution in [2.24, 2.45) is 5.73 Å². The van der Waals surface area contributed by atoms with Crippen molar-refractivity contribution >= 4 is 5.91 Å². The Hall–Kier alpha value is -0.650. The first-order valence-electron chi connectivity index (χ1n) is 7.06. The Morgan fingerprint density at radius 2 is 1.89 bits per heavy atom. The van der Waals surface area contributed by atoms with Gasteiger partial charge in [-0.3, -0.25) is 9.69 Å². The molecule has 1 heterocycles. The average molecular weight is 256 g/mol. The van der Waals surface area contributed by atoms with Crippen molar-refractivity contribution in [3.63, 3.8) is 0 Å². The molecule has 0 atom stereocenters. The zero-order valence-electron chi connectivity index (χ0n) is 11.9. The molecule has 0 spiro atoms. The molecule has 5 heteroatoms. The summed E-state index contributed by atoms with van der Waals surface area (Å²) in [6.07, 6.45) is 2.05. The Bertz CT molecular complexity index is 239. The van der Waals surface area contributed by atoms with Crippen LogP contribution in [0.4, 0.5) is 0 Å². The third-order valence-electron chi connectivity index (χ3n) is 3.43. The van der Waals surface area contributed by atoms with Gasteiger partial charge in [-0.2, -0.15) is 0 Å². The third-order valence-corrected chi connectivity index (χ3v) is 3.43. The lowest BCUT2D eigenvalue weighted by Crippen LogP contribution is -2.50. The Balaban J connectivity index is 2.35. The number of rotatable bonds is 7. The molecule has 1 rings (SSSR count). The fourth-order valence-corrected chi connectivity index (χ4v) is 2.25. The zero-order chi connectivity index (χ0) is 13.4. The summed E-state index contributed by atoms with van der Waals surface area (Å²) in [5, 5.41) is 0. The molecule has 5 nitrogen and oxygen atoms in total. The van der Waals surface area contributed by atoms with Crippen molar-refractivity contribution in [1.29, 1.82) is 0 Å². The zero-order valence-corrected chi connectivity index (χ0v) is 11.9. The van der Waals surface area contributed by atoms with Crippen LogP contribution in [0.1, 0.15) is 19.8 Å². The van der Waals surface area contributed by atoms with Crippen LogP contribution in [0.3, 0.4) is 0 Å². The summed E-state index contributed by atoms with van der Waals surface area (Å²) in [6.45, 7) is 9.03. The molecule has 0 unspecified atom stereocenters. The van der Waals surface area contributed by atoms with Gasteiger partial charge in [0.2, 0.25) is 5.91 Å². The van der Waals surface area contributed by atoms with E-state index in [4.69, 9.17) is 5.73 Å². The van der Waals surface area contributed by atoms with Gasteiger partial charge in [0.15, 0.2) is 0 Å². The van der Waals surface area contributed by atoms with Crippen molar-refractivity contribution in [3.05, 3.63) is 0 Å². The molecule has 0 aromatic heterocycles. The topological polar surface area (TPSA) is 52.8 Å². The van der Waals surface area contributed by atoms with E-state index in [1.807, 2.05) is 4.90 Å². The molecule has 1 saturated heterocycles. The Labute approximate surface area is 111 Å².